The van der Waals surface area contributed by atoms with Gasteiger partial charge in [-0.15, -0.1) is 0 Å². The Balaban J connectivity index is 4.57. The molecule has 0 aromatic heterocycles. The average molecular weight is 283 g/mol. The Hall–Kier alpha value is -0.820. The highest BCUT2D eigenvalue weighted by Gasteiger charge is 2.53. The van der Waals surface area contributed by atoms with Crippen LogP contribution >= 0.6 is 0 Å². The number of alkyl halides is 3. The Morgan fingerprint density at radius 3 is 2.11 bits per heavy atom. The minimum Gasteiger partial charge on any atom is -0.353 e. The van der Waals surface area contributed by atoms with Crippen LogP contribution in [0.4, 0.5) is 13.2 Å². The number of hydrogen-bond acceptors (Lipinski definition) is 3. The van der Waals surface area contributed by atoms with E-state index in [1.165, 1.54) is 0 Å². The predicted molar refractivity (Wildman–Crippen MR) is 68.6 cm³/mol. The molecule has 0 saturated heterocycles. The summed E-state index contributed by atoms with van der Waals surface area (Å²) < 4.78 is 37.7. The number of likely N-dealkylation sites (N-methyl/N-ethyl adjacent to an activating group) is 1. The molecular formula is C12H24F3N3O. The zero-order chi connectivity index (χ0) is 15.4. The van der Waals surface area contributed by atoms with Crippen molar-refractivity contribution in [2.24, 2.45) is 11.7 Å². The molecule has 114 valence electrons. The third-order valence-electron chi connectivity index (χ3n) is 3.03. The van der Waals surface area contributed by atoms with Crippen LogP contribution in [0.5, 0.6) is 0 Å². The lowest BCUT2D eigenvalue weighted by Gasteiger charge is -2.30. The van der Waals surface area contributed by atoms with Gasteiger partial charge in [0, 0.05) is 12.6 Å². The largest absolute Gasteiger partial charge is 0.415 e. The molecule has 3 N–H and O–H groups in total. The molecule has 1 amide bonds. The van der Waals surface area contributed by atoms with Crippen molar-refractivity contribution in [1.29, 1.82) is 0 Å². The quantitative estimate of drug-likeness (QED) is 0.774. The standard InChI is InChI=1S/C12H24F3N3O/c1-8(2)6-9(18(4)5)7-17-10(19)11(3,16)12(13,14)15/h8-9H,6-7,16H2,1-5H3,(H,17,19). The molecule has 0 aliphatic heterocycles. The van der Waals surface area contributed by atoms with Gasteiger partial charge in [0.2, 0.25) is 5.91 Å². The van der Waals surface area contributed by atoms with Gasteiger partial charge in [-0.05, 0) is 33.4 Å². The molecule has 0 aliphatic carbocycles. The minimum atomic E-state index is -4.76. The molecule has 0 fully saturated rings. The van der Waals surface area contributed by atoms with Crippen LogP contribution in [0.1, 0.15) is 27.2 Å². The number of carbonyl (C=O) groups excluding carboxylic acids is 1. The molecule has 0 aromatic rings. The Bertz CT molecular complexity index is 301. The highest BCUT2D eigenvalue weighted by molar-refractivity contribution is 5.86. The van der Waals surface area contributed by atoms with Gasteiger partial charge < -0.3 is 16.0 Å². The van der Waals surface area contributed by atoms with Gasteiger partial charge in [0.1, 0.15) is 0 Å². The van der Waals surface area contributed by atoms with Gasteiger partial charge in [0.25, 0.3) is 0 Å². The molecule has 7 heteroatoms. The Labute approximate surface area is 112 Å². The van der Waals surface area contributed by atoms with Crippen LogP contribution in [0, 0.1) is 5.92 Å². The number of amides is 1. The van der Waals surface area contributed by atoms with E-state index in [1.807, 2.05) is 32.8 Å². The van der Waals surface area contributed by atoms with Crippen molar-refractivity contribution in [3.05, 3.63) is 0 Å². The maximum Gasteiger partial charge on any atom is 0.415 e. The second-order valence-electron chi connectivity index (χ2n) is 5.66. The lowest BCUT2D eigenvalue weighted by atomic mass is 10.0. The number of nitrogens with zero attached hydrogens (tertiary/aromatic N) is 1. The lowest BCUT2D eigenvalue weighted by Crippen LogP contribution is -2.62. The Morgan fingerprint density at radius 2 is 1.79 bits per heavy atom. The molecule has 0 heterocycles. The van der Waals surface area contributed by atoms with Gasteiger partial charge in [-0.1, -0.05) is 13.8 Å². The zero-order valence-electron chi connectivity index (χ0n) is 12.1. The van der Waals surface area contributed by atoms with Crippen LogP contribution in [0.2, 0.25) is 0 Å². The van der Waals surface area contributed by atoms with Crippen LogP contribution in [-0.4, -0.2) is 49.2 Å². The number of halogens is 3. The van der Waals surface area contributed by atoms with E-state index < -0.39 is 17.6 Å². The Kier molecular flexibility index (Phi) is 6.28. The first-order valence-electron chi connectivity index (χ1n) is 6.20. The van der Waals surface area contributed by atoms with E-state index in [1.54, 1.807) is 0 Å². The maximum atomic E-state index is 12.6. The van der Waals surface area contributed by atoms with Crippen molar-refractivity contribution in [1.82, 2.24) is 10.2 Å². The summed E-state index contributed by atoms with van der Waals surface area (Å²) in [7, 11) is 3.65. The highest BCUT2D eigenvalue weighted by atomic mass is 19.4. The zero-order valence-corrected chi connectivity index (χ0v) is 12.1. The van der Waals surface area contributed by atoms with E-state index in [0.29, 0.717) is 12.8 Å². The summed E-state index contributed by atoms with van der Waals surface area (Å²) in [6.45, 7) is 4.85. The van der Waals surface area contributed by atoms with E-state index in [9.17, 15) is 18.0 Å². The molecule has 0 saturated carbocycles. The smallest absolute Gasteiger partial charge is 0.353 e. The maximum absolute atomic E-state index is 12.6. The second-order valence-corrected chi connectivity index (χ2v) is 5.66. The number of nitrogens with one attached hydrogen (secondary N) is 1. The molecule has 0 radical (unpaired) electrons. The topological polar surface area (TPSA) is 58.4 Å². The first-order chi connectivity index (χ1) is 8.39. The van der Waals surface area contributed by atoms with E-state index in [4.69, 9.17) is 5.73 Å². The van der Waals surface area contributed by atoms with E-state index >= 15 is 0 Å². The molecule has 2 unspecified atom stereocenters. The summed E-state index contributed by atoms with van der Waals surface area (Å²) in [5.41, 5.74) is 2.19. The average Bonchev–Trinajstić information content (AvgIpc) is 2.20. The van der Waals surface area contributed by atoms with Crippen molar-refractivity contribution in [3.63, 3.8) is 0 Å². The van der Waals surface area contributed by atoms with Gasteiger partial charge in [0.05, 0.1) is 0 Å². The van der Waals surface area contributed by atoms with E-state index in [-0.39, 0.29) is 12.6 Å². The van der Waals surface area contributed by atoms with Gasteiger partial charge in [0.15, 0.2) is 5.54 Å². The van der Waals surface area contributed by atoms with Crippen molar-refractivity contribution in [2.45, 2.75) is 44.9 Å². The fourth-order valence-corrected chi connectivity index (χ4v) is 1.54. The van der Waals surface area contributed by atoms with Crippen molar-refractivity contribution >= 4 is 5.91 Å². The monoisotopic (exact) mass is 283 g/mol. The third kappa shape index (κ3) is 5.36. The molecule has 0 bridgehead atoms. The summed E-state index contributed by atoms with van der Waals surface area (Å²) in [5, 5.41) is 2.29. The van der Waals surface area contributed by atoms with Gasteiger partial charge >= 0.3 is 6.18 Å². The van der Waals surface area contributed by atoms with Gasteiger partial charge in [-0.25, -0.2) is 0 Å². The SMILES string of the molecule is CC(C)CC(CNC(=O)C(C)(N)C(F)(F)F)N(C)C. The highest BCUT2D eigenvalue weighted by Crippen LogP contribution is 2.27. The predicted octanol–water partition coefficient (Wildman–Crippen LogP) is 1.36. The molecular weight excluding hydrogens is 259 g/mol. The normalized spacial score (nSPS) is 17.4. The summed E-state index contributed by atoms with van der Waals surface area (Å²) in [6.07, 6.45) is -3.98. The molecule has 4 nitrogen and oxygen atoms in total. The van der Waals surface area contributed by atoms with Crippen molar-refractivity contribution in [2.75, 3.05) is 20.6 Å². The van der Waals surface area contributed by atoms with E-state index in [2.05, 4.69) is 5.32 Å². The fraction of sp³-hybridized carbons (Fsp3) is 0.917. The summed E-state index contributed by atoms with van der Waals surface area (Å²) in [6, 6.07) is -0.0204. The number of carbonyl (C=O) groups is 1. The van der Waals surface area contributed by atoms with Crippen LogP contribution in [0.15, 0.2) is 0 Å². The van der Waals surface area contributed by atoms with Crippen LogP contribution in [0.3, 0.4) is 0 Å². The number of nitrogens with two attached hydrogens (primary N) is 1. The summed E-state index contributed by atoms with van der Waals surface area (Å²) >= 11 is 0. The Morgan fingerprint density at radius 1 is 1.32 bits per heavy atom. The van der Waals surface area contributed by atoms with Crippen LogP contribution < -0.4 is 11.1 Å². The molecule has 0 rings (SSSR count). The van der Waals surface area contributed by atoms with Crippen molar-refractivity contribution < 1.29 is 18.0 Å². The van der Waals surface area contributed by atoms with Crippen LogP contribution in [-0.2, 0) is 4.79 Å². The summed E-state index contributed by atoms with van der Waals surface area (Å²) in [4.78, 5) is 13.4. The van der Waals surface area contributed by atoms with Crippen LogP contribution in [0.25, 0.3) is 0 Å². The fourth-order valence-electron chi connectivity index (χ4n) is 1.54. The van der Waals surface area contributed by atoms with Crippen molar-refractivity contribution in [3.8, 4) is 0 Å². The first-order valence-corrected chi connectivity index (χ1v) is 6.20. The number of hydrogen-bond donors (Lipinski definition) is 2. The first kappa shape index (κ1) is 18.2. The molecule has 0 aliphatic rings. The minimum absolute atomic E-state index is 0.0204. The van der Waals surface area contributed by atoms with Gasteiger partial charge in [-0.3, -0.25) is 4.79 Å². The lowest BCUT2D eigenvalue weighted by molar-refractivity contribution is -0.187. The summed E-state index contributed by atoms with van der Waals surface area (Å²) in [5.74, 6) is -0.813. The molecule has 2 atom stereocenters. The number of rotatable bonds is 6. The molecule has 19 heavy (non-hydrogen) atoms. The second kappa shape index (κ2) is 6.56. The van der Waals surface area contributed by atoms with E-state index in [0.717, 1.165) is 6.42 Å². The van der Waals surface area contributed by atoms with Gasteiger partial charge in [-0.2, -0.15) is 13.2 Å². The molecule has 0 aromatic carbocycles. The molecule has 0 spiro atoms. The third-order valence-corrected chi connectivity index (χ3v) is 3.03.